The molecule has 8 nitrogen and oxygen atoms in total. The number of aromatic nitrogens is 2. The van der Waals surface area contributed by atoms with Crippen molar-refractivity contribution in [1.82, 2.24) is 9.55 Å². The van der Waals surface area contributed by atoms with Crippen molar-refractivity contribution in [3.8, 4) is 0 Å². The van der Waals surface area contributed by atoms with Crippen LogP contribution >= 0.6 is 0 Å². The maximum atomic E-state index is 11.9. The van der Waals surface area contributed by atoms with Crippen molar-refractivity contribution >= 4 is 28.4 Å². The quantitative estimate of drug-likeness (QED) is 0.774. The number of urea groups is 1. The third-order valence-corrected chi connectivity index (χ3v) is 4.32. The first-order valence-corrected chi connectivity index (χ1v) is 7.47. The summed E-state index contributed by atoms with van der Waals surface area (Å²) in [5, 5.41) is 16.1. The molecule has 4 rings (SSSR count). The van der Waals surface area contributed by atoms with Crippen LogP contribution in [0.15, 0.2) is 23.1 Å². The monoisotopic (exact) mass is 316 g/mol. The van der Waals surface area contributed by atoms with Crippen LogP contribution in [0.25, 0.3) is 10.8 Å². The first-order chi connectivity index (χ1) is 11.1. The Kier molecular flexibility index (Phi) is 3.10. The molecule has 2 unspecified atom stereocenters. The summed E-state index contributed by atoms with van der Waals surface area (Å²) in [5.41, 5.74) is -0.415. The van der Waals surface area contributed by atoms with E-state index in [0.717, 1.165) is 11.8 Å². The van der Waals surface area contributed by atoms with Gasteiger partial charge in [0.1, 0.15) is 17.9 Å². The summed E-state index contributed by atoms with van der Waals surface area (Å²) in [4.78, 5) is 27.4. The molecule has 2 aromatic rings. The Labute approximate surface area is 131 Å². The molecule has 2 aromatic heterocycles. The highest BCUT2D eigenvalue weighted by Crippen LogP contribution is 2.41. The number of nitrogens with one attached hydrogen (secondary N) is 2. The zero-order chi connectivity index (χ0) is 16.1. The molecule has 4 heterocycles. The zero-order valence-corrected chi connectivity index (χ0v) is 12.4. The number of amides is 2. The highest BCUT2D eigenvalue weighted by atomic mass is 16.5. The van der Waals surface area contributed by atoms with E-state index >= 15 is 0 Å². The van der Waals surface area contributed by atoms with Crippen molar-refractivity contribution in [2.24, 2.45) is 5.92 Å². The van der Waals surface area contributed by atoms with E-state index in [1.807, 2.05) is 17.7 Å². The predicted octanol–water partition coefficient (Wildman–Crippen LogP) is 1.27. The standard InChI is InChI=1S/C15H16N4O4/c1-7-4-9(6-20)23-14(7)19-5-8-2-3-10(21)16-12-11(8)13(19)18-15(22)17-12/h2-3,5,7,9,14,20H,4,6H2,1H3,(H2,16,17,18,21,22)/t7-,9?,14?/m1/s1. The number of aliphatic hydroxyl groups is 1. The lowest BCUT2D eigenvalue weighted by atomic mass is 10.1. The Morgan fingerprint density at radius 1 is 1.39 bits per heavy atom. The fourth-order valence-corrected chi connectivity index (χ4v) is 3.32. The molecule has 8 heteroatoms. The first kappa shape index (κ1) is 14.2. The Morgan fingerprint density at radius 2 is 2.22 bits per heavy atom. The Balaban J connectivity index is 1.92. The number of carbonyl (C=O) groups is 1. The predicted molar refractivity (Wildman–Crippen MR) is 83.4 cm³/mol. The van der Waals surface area contributed by atoms with Gasteiger partial charge in [0.05, 0.1) is 18.1 Å². The number of hydrogen-bond acceptors (Lipinski definition) is 5. The van der Waals surface area contributed by atoms with Crippen LogP contribution in [0.3, 0.4) is 0 Å². The van der Waals surface area contributed by atoms with Crippen molar-refractivity contribution in [3.63, 3.8) is 0 Å². The molecule has 2 amide bonds. The second-order valence-electron chi connectivity index (χ2n) is 5.97. The number of anilines is 2. The molecule has 2 aliphatic rings. The molecule has 0 aromatic carbocycles. The highest BCUT2D eigenvalue weighted by Gasteiger charge is 2.35. The molecule has 3 N–H and O–H groups in total. The molecule has 23 heavy (non-hydrogen) atoms. The first-order valence-electron chi connectivity index (χ1n) is 7.47. The van der Waals surface area contributed by atoms with Gasteiger partial charge in [-0.05, 0) is 12.5 Å². The van der Waals surface area contributed by atoms with Crippen molar-refractivity contribution in [1.29, 1.82) is 0 Å². The van der Waals surface area contributed by atoms with E-state index in [1.165, 1.54) is 6.07 Å². The van der Waals surface area contributed by atoms with E-state index in [1.54, 1.807) is 6.07 Å². The number of ether oxygens (including phenoxy) is 1. The van der Waals surface area contributed by atoms with E-state index < -0.39 is 11.6 Å². The van der Waals surface area contributed by atoms with Gasteiger partial charge in [-0.25, -0.2) is 4.79 Å². The molecular weight excluding hydrogens is 300 g/mol. The fraction of sp³-hybridized carbons (Fsp3) is 0.400. The van der Waals surface area contributed by atoms with Gasteiger partial charge in [-0.3, -0.25) is 15.4 Å². The molecule has 0 saturated carbocycles. The lowest BCUT2D eigenvalue weighted by molar-refractivity contribution is -0.0298. The maximum absolute atomic E-state index is 11.9. The van der Waals surface area contributed by atoms with Crippen LogP contribution in [-0.2, 0) is 4.74 Å². The van der Waals surface area contributed by atoms with Gasteiger partial charge in [0, 0.05) is 23.6 Å². The van der Waals surface area contributed by atoms with Gasteiger partial charge in [-0.2, -0.15) is 4.98 Å². The van der Waals surface area contributed by atoms with Gasteiger partial charge in [0.25, 0.3) is 5.56 Å². The summed E-state index contributed by atoms with van der Waals surface area (Å²) in [7, 11) is 0. The molecule has 0 radical (unpaired) electrons. The van der Waals surface area contributed by atoms with Crippen LogP contribution < -0.4 is 16.2 Å². The van der Waals surface area contributed by atoms with Gasteiger partial charge in [0.15, 0.2) is 0 Å². The van der Waals surface area contributed by atoms with Crippen molar-refractivity contribution in [2.45, 2.75) is 25.7 Å². The number of rotatable bonds is 2. The second kappa shape index (κ2) is 5.04. The molecule has 0 bridgehead atoms. The molecule has 0 spiro atoms. The van der Waals surface area contributed by atoms with E-state index in [-0.39, 0.29) is 30.7 Å². The van der Waals surface area contributed by atoms with Gasteiger partial charge in [-0.15, -0.1) is 0 Å². The van der Waals surface area contributed by atoms with Crippen LogP contribution in [0.2, 0.25) is 0 Å². The number of nitrogens with zero attached hydrogens (tertiary/aromatic N) is 2. The Morgan fingerprint density at radius 3 is 2.96 bits per heavy atom. The van der Waals surface area contributed by atoms with E-state index in [4.69, 9.17) is 4.74 Å². The second-order valence-corrected chi connectivity index (χ2v) is 5.97. The molecule has 1 fully saturated rings. The van der Waals surface area contributed by atoms with Crippen LogP contribution in [-0.4, -0.2) is 33.4 Å². The fourth-order valence-electron chi connectivity index (χ4n) is 3.32. The third-order valence-electron chi connectivity index (χ3n) is 4.32. The van der Waals surface area contributed by atoms with Crippen LogP contribution in [0.5, 0.6) is 0 Å². The zero-order valence-electron chi connectivity index (χ0n) is 12.4. The molecular formula is C15H16N4O4. The van der Waals surface area contributed by atoms with Crippen LogP contribution in [0.4, 0.5) is 16.4 Å². The van der Waals surface area contributed by atoms with E-state index in [0.29, 0.717) is 11.2 Å². The largest absolute Gasteiger partial charge is 0.394 e. The summed E-state index contributed by atoms with van der Waals surface area (Å²) < 4.78 is 7.73. The van der Waals surface area contributed by atoms with Gasteiger partial charge in [0.2, 0.25) is 0 Å². The smallest absolute Gasteiger partial charge is 0.326 e. The van der Waals surface area contributed by atoms with Crippen molar-refractivity contribution in [2.75, 3.05) is 17.2 Å². The number of aliphatic hydroxyl groups excluding tert-OH is 1. The topological polar surface area (TPSA) is 105 Å². The van der Waals surface area contributed by atoms with Crippen LogP contribution in [0.1, 0.15) is 19.6 Å². The average molecular weight is 316 g/mol. The minimum Gasteiger partial charge on any atom is -0.394 e. The van der Waals surface area contributed by atoms with Crippen LogP contribution in [0, 0.1) is 5.92 Å². The minimum absolute atomic E-state index is 0.0355. The SMILES string of the molecule is C[C@@H]1CC(CO)OC1n1cc2ccc(=O)nc3c2c1NC(=O)N3. The lowest BCUT2D eigenvalue weighted by Gasteiger charge is -2.22. The van der Waals surface area contributed by atoms with Gasteiger partial charge in [-0.1, -0.05) is 6.92 Å². The molecule has 0 aliphatic carbocycles. The number of carbonyl (C=O) groups excluding carboxylic acids is 1. The normalized spacial score (nSPS) is 26.2. The van der Waals surface area contributed by atoms with Crippen molar-refractivity contribution < 1.29 is 14.6 Å². The molecule has 1 saturated heterocycles. The summed E-state index contributed by atoms with van der Waals surface area (Å²) in [6.07, 6.45) is 2.07. The van der Waals surface area contributed by atoms with Gasteiger partial charge >= 0.3 is 6.03 Å². The molecule has 120 valence electrons. The van der Waals surface area contributed by atoms with Gasteiger partial charge < -0.3 is 14.4 Å². The minimum atomic E-state index is -0.443. The summed E-state index contributed by atoms with van der Waals surface area (Å²) in [6.45, 7) is 2.00. The van der Waals surface area contributed by atoms with Crippen molar-refractivity contribution in [3.05, 3.63) is 28.7 Å². The molecule has 3 atom stereocenters. The third kappa shape index (κ3) is 2.18. The van der Waals surface area contributed by atoms with E-state index in [2.05, 4.69) is 15.6 Å². The maximum Gasteiger partial charge on any atom is 0.326 e. The Bertz CT molecular complexity index is 862. The summed E-state index contributed by atoms with van der Waals surface area (Å²) in [5.74, 6) is 0.978. The summed E-state index contributed by atoms with van der Waals surface area (Å²) >= 11 is 0. The number of hydrogen-bond donors (Lipinski definition) is 3. The van der Waals surface area contributed by atoms with E-state index in [9.17, 15) is 14.7 Å². The highest BCUT2D eigenvalue weighted by molar-refractivity contribution is 6.15. The average Bonchev–Trinajstić information content (AvgIpc) is 3.00. The summed E-state index contributed by atoms with van der Waals surface area (Å²) in [6, 6.07) is 2.60. The lowest BCUT2D eigenvalue weighted by Crippen LogP contribution is -2.27. The molecule has 2 aliphatic heterocycles. The Hall–Kier alpha value is -2.45.